The van der Waals surface area contributed by atoms with E-state index in [2.05, 4.69) is 0 Å². The first-order chi connectivity index (χ1) is 11.0. The van der Waals surface area contributed by atoms with Gasteiger partial charge in [-0.25, -0.2) is 13.2 Å². The van der Waals surface area contributed by atoms with Gasteiger partial charge in [-0.3, -0.25) is 4.90 Å². The molecule has 23 heavy (non-hydrogen) atoms. The maximum atomic E-state index is 13.8. The van der Waals surface area contributed by atoms with E-state index in [0.29, 0.717) is 18.2 Å². The SMILES string of the molecule is OC(CC1CCCN1Cc1cc(F)c(F)cc1F)c1ccco1. The van der Waals surface area contributed by atoms with Crippen LogP contribution in [0.3, 0.4) is 0 Å². The number of halogens is 3. The molecule has 2 aromatic rings. The van der Waals surface area contributed by atoms with Crippen molar-refractivity contribution in [1.29, 1.82) is 0 Å². The molecule has 2 atom stereocenters. The lowest BCUT2D eigenvalue weighted by atomic mass is 10.0. The van der Waals surface area contributed by atoms with Crippen LogP contribution >= 0.6 is 0 Å². The second kappa shape index (κ2) is 6.76. The Morgan fingerprint density at radius 2 is 2.00 bits per heavy atom. The molecule has 0 radical (unpaired) electrons. The average Bonchev–Trinajstić information content (AvgIpc) is 3.17. The number of benzene rings is 1. The molecule has 1 aromatic carbocycles. The van der Waals surface area contributed by atoms with Crippen LogP contribution in [-0.4, -0.2) is 22.6 Å². The third-order valence-corrected chi connectivity index (χ3v) is 4.33. The molecule has 2 unspecified atom stereocenters. The van der Waals surface area contributed by atoms with E-state index >= 15 is 0 Å². The molecule has 0 amide bonds. The number of hydrogen-bond donors (Lipinski definition) is 1. The van der Waals surface area contributed by atoms with Gasteiger partial charge in [0.1, 0.15) is 17.7 Å². The zero-order valence-electron chi connectivity index (χ0n) is 12.5. The number of aliphatic hydroxyl groups excluding tert-OH is 1. The summed E-state index contributed by atoms with van der Waals surface area (Å²) in [6, 6.07) is 4.94. The van der Waals surface area contributed by atoms with Crippen molar-refractivity contribution in [2.45, 2.75) is 38.0 Å². The third-order valence-electron chi connectivity index (χ3n) is 4.33. The van der Waals surface area contributed by atoms with Crippen LogP contribution in [0.25, 0.3) is 0 Å². The Morgan fingerprint density at radius 3 is 2.74 bits per heavy atom. The van der Waals surface area contributed by atoms with Gasteiger partial charge in [0, 0.05) is 24.2 Å². The molecule has 2 heterocycles. The summed E-state index contributed by atoms with van der Waals surface area (Å²) in [5.74, 6) is -2.48. The van der Waals surface area contributed by atoms with E-state index in [-0.39, 0.29) is 18.2 Å². The van der Waals surface area contributed by atoms with Crippen molar-refractivity contribution in [2.24, 2.45) is 0 Å². The summed E-state index contributed by atoms with van der Waals surface area (Å²) >= 11 is 0. The van der Waals surface area contributed by atoms with Crippen LogP contribution in [0.15, 0.2) is 34.9 Å². The van der Waals surface area contributed by atoms with Crippen LogP contribution in [0, 0.1) is 17.5 Å². The maximum Gasteiger partial charge on any atom is 0.161 e. The molecule has 3 nitrogen and oxygen atoms in total. The molecule has 3 rings (SSSR count). The van der Waals surface area contributed by atoms with Crippen molar-refractivity contribution in [1.82, 2.24) is 4.90 Å². The Kier molecular flexibility index (Phi) is 4.73. The molecule has 1 aliphatic heterocycles. The standard InChI is InChI=1S/C17H18F3NO2/c18-13-9-15(20)14(19)7-11(13)10-21-5-1-3-12(21)8-16(22)17-4-2-6-23-17/h2,4,6-7,9,12,16,22H,1,3,5,8,10H2. The molecule has 1 N–H and O–H groups in total. The quantitative estimate of drug-likeness (QED) is 0.850. The van der Waals surface area contributed by atoms with E-state index in [1.165, 1.54) is 6.26 Å². The summed E-state index contributed by atoms with van der Waals surface area (Å²) in [6.07, 6.45) is 3.01. The smallest absolute Gasteiger partial charge is 0.161 e. The number of rotatable bonds is 5. The highest BCUT2D eigenvalue weighted by molar-refractivity contribution is 5.20. The lowest BCUT2D eigenvalue weighted by Crippen LogP contribution is -2.30. The Bertz CT molecular complexity index is 660. The van der Waals surface area contributed by atoms with Gasteiger partial charge in [-0.15, -0.1) is 0 Å². The largest absolute Gasteiger partial charge is 0.467 e. The van der Waals surface area contributed by atoms with Crippen LogP contribution in [0.5, 0.6) is 0 Å². The first-order valence-corrected chi connectivity index (χ1v) is 7.63. The summed E-state index contributed by atoms with van der Waals surface area (Å²) in [7, 11) is 0. The summed E-state index contributed by atoms with van der Waals surface area (Å²) in [5, 5.41) is 10.2. The Hall–Kier alpha value is -1.79. The van der Waals surface area contributed by atoms with Crippen molar-refractivity contribution >= 4 is 0 Å². The molecular weight excluding hydrogens is 307 g/mol. The fourth-order valence-electron chi connectivity index (χ4n) is 3.13. The van der Waals surface area contributed by atoms with Gasteiger partial charge >= 0.3 is 0 Å². The van der Waals surface area contributed by atoms with Gasteiger partial charge in [0.2, 0.25) is 0 Å². The average molecular weight is 325 g/mol. The predicted molar refractivity (Wildman–Crippen MR) is 78.0 cm³/mol. The normalized spacial score (nSPS) is 20.1. The summed E-state index contributed by atoms with van der Waals surface area (Å²) in [6.45, 7) is 0.923. The van der Waals surface area contributed by atoms with Gasteiger partial charge in [0.15, 0.2) is 11.6 Å². The zero-order valence-corrected chi connectivity index (χ0v) is 12.5. The molecule has 0 bridgehead atoms. The molecule has 1 fully saturated rings. The first-order valence-electron chi connectivity index (χ1n) is 7.63. The van der Waals surface area contributed by atoms with Crippen molar-refractivity contribution in [3.8, 4) is 0 Å². The zero-order chi connectivity index (χ0) is 16.4. The fraction of sp³-hybridized carbons (Fsp3) is 0.412. The highest BCUT2D eigenvalue weighted by atomic mass is 19.2. The number of likely N-dealkylation sites (tertiary alicyclic amines) is 1. The van der Waals surface area contributed by atoms with Crippen LogP contribution in [-0.2, 0) is 6.54 Å². The Balaban J connectivity index is 1.68. The third kappa shape index (κ3) is 3.59. The van der Waals surface area contributed by atoms with E-state index < -0.39 is 23.6 Å². The minimum atomic E-state index is -1.18. The van der Waals surface area contributed by atoms with Crippen molar-refractivity contribution in [3.63, 3.8) is 0 Å². The first kappa shape index (κ1) is 16.1. The molecule has 6 heteroatoms. The summed E-state index contributed by atoms with van der Waals surface area (Å²) in [4.78, 5) is 1.99. The van der Waals surface area contributed by atoms with E-state index in [1.54, 1.807) is 12.1 Å². The molecule has 0 saturated carbocycles. The van der Waals surface area contributed by atoms with Gasteiger partial charge in [0.05, 0.1) is 6.26 Å². The van der Waals surface area contributed by atoms with E-state index in [4.69, 9.17) is 4.42 Å². The summed E-state index contributed by atoms with van der Waals surface area (Å²) in [5.41, 5.74) is 0.128. The van der Waals surface area contributed by atoms with Crippen LogP contribution in [0.2, 0.25) is 0 Å². The maximum absolute atomic E-state index is 13.8. The topological polar surface area (TPSA) is 36.6 Å². The summed E-state index contributed by atoms with van der Waals surface area (Å²) < 4.78 is 45.3. The second-order valence-corrected chi connectivity index (χ2v) is 5.89. The van der Waals surface area contributed by atoms with Crippen molar-refractivity contribution in [3.05, 3.63) is 59.3 Å². The minimum Gasteiger partial charge on any atom is -0.467 e. The molecule has 1 aromatic heterocycles. The predicted octanol–water partition coefficient (Wildman–Crippen LogP) is 3.79. The van der Waals surface area contributed by atoms with Gasteiger partial charge in [-0.2, -0.15) is 0 Å². The number of hydrogen-bond acceptors (Lipinski definition) is 3. The van der Waals surface area contributed by atoms with Gasteiger partial charge in [0.25, 0.3) is 0 Å². The van der Waals surface area contributed by atoms with Gasteiger partial charge < -0.3 is 9.52 Å². The van der Waals surface area contributed by atoms with Gasteiger partial charge in [-0.1, -0.05) is 0 Å². The van der Waals surface area contributed by atoms with Crippen LogP contribution < -0.4 is 0 Å². The second-order valence-electron chi connectivity index (χ2n) is 5.89. The Morgan fingerprint density at radius 1 is 1.22 bits per heavy atom. The van der Waals surface area contributed by atoms with E-state index in [9.17, 15) is 18.3 Å². The highest BCUT2D eigenvalue weighted by Gasteiger charge is 2.28. The Labute approximate surface area is 132 Å². The molecule has 1 saturated heterocycles. The van der Waals surface area contributed by atoms with Gasteiger partial charge in [-0.05, 0) is 44.0 Å². The van der Waals surface area contributed by atoms with Crippen LogP contribution in [0.1, 0.15) is 36.7 Å². The van der Waals surface area contributed by atoms with Crippen molar-refractivity contribution < 1.29 is 22.7 Å². The lowest BCUT2D eigenvalue weighted by molar-refractivity contribution is 0.0991. The van der Waals surface area contributed by atoms with E-state index in [1.807, 2.05) is 4.90 Å². The number of aliphatic hydroxyl groups is 1. The number of nitrogens with zero attached hydrogens (tertiary/aromatic N) is 1. The fourth-order valence-corrected chi connectivity index (χ4v) is 3.13. The highest BCUT2D eigenvalue weighted by Crippen LogP contribution is 2.29. The molecule has 124 valence electrons. The molecular formula is C17H18F3NO2. The molecule has 1 aliphatic rings. The number of furan rings is 1. The minimum absolute atomic E-state index is 0.0441. The van der Waals surface area contributed by atoms with Crippen LogP contribution in [0.4, 0.5) is 13.2 Å². The lowest BCUT2D eigenvalue weighted by Gasteiger charge is -2.26. The monoisotopic (exact) mass is 325 g/mol. The molecule has 0 aliphatic carbocycles. The van der Waals surface area contributed by atoms with Crippen molar-refractivity contribution in [2.75, 3.05) is 6.54 Å². The molecule has 0 spiro atoms. The van der Waals surface area contributed by atoms with E-state index in [0.717, 1.165) is 25.5 Å².